The highest BCUT2D eigenvalue weighted by Crippen LogP contribution is 2.36. The maximum absolute atomic E-state index is 13.2. The van der Waals surface area contributed by atoms with Crippen LogP contribution in [0.4, 0.5) is 0 Å². The Bertz CT molecular complexity index is 302. The molecule has 1 unspecified atom stereocenters. The predicted octanol–water partition coefficient (Wildman–Crippen LogP) is 1.80. The van der Waals surface area contributed by atoms with E-state index in [9.17, 15) is 4.79 Å². The van der Waals surface area contributed by atoms with E-state index in [-0.39, 0.29) is 17.4 Å². The molecule has 124 valence electrons. The molecule has 0 bridgehead atoms. The van der Waals surface area contributed by atoms with Gasteiger partial charge in [-0.2, -0.15) is 0 Å². The number of hydrogen-bond donors (Lipinski definition) is 1. The number of rotatable bonds is 8. The molecule has 1 aliphatic rings. The highest BCUT2D eigenvalue weighted by molar-refractivity contribution is 5.83. The van der Waals surface area contributed by atoms with Gasteiger partial charge in [-0.05, 0) is 19.8 Å². The molecule has 1 fully saturated rings. The molecule has 0 aliphatic heterocycles. The van der Waals surface area contributed by atoms with E-state index < -0.39 is 0 Å². The van der Waals surface area contributed by atoms with Crippen LogP contribution >= 0.6 is 0 Å². The molecule has 0 aromatic rings. The lowest BCUT2D eigenvalue weighted by Gasteiger charge is -2.38. The fourth-order valence-electron chi connectivity index (χ4n) is 3.26. The maximum Gasteiger partial charge on any atom is 0.230 e. The van der Waals surface area contributed by atoms with Crippen molar-refractivity contribution in [1.82, 2.24) is 4.90 Å². The Labute approximate surface area is 129 Å². The topological polar surface area (TPSA) is 64.8 Å². The van der Waals surface area contributed by atoms with Gasteiger partial charge in [-0.1, -0.05) is 25.7 Å². The number of methoxy groups -OCH3 is 2. The first kappa shape index (κ1) is 18.4. The Balaban J connectivity index is 2.88. The van der Waals surface area contributed by atoms with Crippen LogP contribution in [0.15, 0.2) is 0 Å². The highest BCUT2D eigenvalue weighted by Gasteiger charge is 2.41. The Kier molecular flexibility index (Phi) is 8.22. The van der Waals surface area contributed by atoms with E-state index in [4.69, 9.17) is 15.2 Å². The largest absolute Gasteiger partial charge is 0.383 e. The number of nitrogens with two attached hydrogens (primary N) is 1. The van der Waals surface area contributed by atoms with Crippen LogP contribution < -0.4 is 5.73 Å². The molecule has 1 saturated carbocycles. The molecule has 1 amide bonds. The van der Waals surface area contributed by atoms with Gasteiger partial charge in [0.1, 0.15) is 0 Å². The minimum atomic E-state index is -0.383. The summed E-state index contributed by atoms with van der Waals surface area (Å²) >= 11 is 0. The zero-order valence-electron chi connectivity index (χ0n) is 13.9. The van der Waals surface area contributed by atoms with Crippen LogP contribution in [0.5, 0.6) is 0 Å². The summed E-state index contributed by atoms with van der Waals surface area (Å²) in [7, 11) is 3.33. The summed E-state index contributed by atoms with van der Waals surface area (Å²) in [5.41, 5.74) is 5.66. The van der Waals surface area contributed by atoms with Gasteiger partial charge in [0.25, 0.3) is 0 Å². The van der Waals surface area contributed by atoms with Gasteiger partial charge in [-0.15, -0.1) is 0 Å². The fourth-order valence-corrected chi connectivity index (χ4v) is 3.26. The summed E-state index contributed by atoms with van der Waals surface area (Å²) in [6.45, 7) is 4.14. The summed E-state index contributed by atoms with van der Waals surface area (Å²) in [6.07, 6.45) is 6.43. The third kappa shape index (κ3) is 4.94. The Morgan fingerprint density at radius 1 is 1.19 bits per heavy atom. The van der Waals surface area contributed by atoms with Crippen molar-refractivity contribution >= 4 is 5.91 Å². The molecule has 2 N–H and O–H groups in total. The van der Waals surface area contributed by atoms with Crippen molar-refractivity contribution in [1.29, 1.82) is 0 Å². The van der Waals surface area contributed by atoms with Gasteiger partial charge >= 0.3 is 0 Å². The number of nitrogens with zero attached hydrogens (tertiary/aromatic N) is 1. The Hall–Kier alpha value is -0.650. The molecular weight excluding hydrogens is 268 g/mol. The lowest BCUT2D eigenvalue weighted by molar-refractivity contribution is -0.146. The van der Waals surface area contributed by atoms with E-state index in [1.165, 1.54) is 12.8 Å². The predicted molar refractivity (Wildman–Crippen MR) is 84.1 cm³/mol. The fraction of sp³-hybridized carbons (Fsp3) is 0.938. The SMILES string of the molecule is COCCN(C(=O)C1(CN)CCCCCC1)C(C)COC. The summed E-state index contributed by atoms with van der Waals surface area (Å²) in [6, 6.07) is 0.0457. The normalized spacial score (nSPS) is 19.8. The third-order valence-corrected chi connectivity index (χ3v) is 4.64. The summed E-state index contributed by atoms with van der Waals surface area (Å²) in [5, 5.41) is 0. The standard InChI is InChI=1S/C16H32N2O3/c1-14(12-21-3)18(10-11-20-2)15(19)16(13-17)8-6-4-5-7-9-16/h14H,4-13,17H2,1-3H3. The third-order valence-electron chi connectivity index (χ3n) is 4.64. The number of hydrogen-bond acceptors (Lipinski definition) is 4. The van der Waals surface area contributed by atoms with Crippen LogP contribution in [0.2, 0.25) is 0 Å². The minimum Gasteiger partial charge on any atom is -0.383 e. The smallest absolute Gasteiger partial charge is 0.230 e. The van der Waals surface area contributed by atoms with Gasteiger partial charge in [0, 0.05) is 27.3 Å². The average Bonchev–Trinajstić information content (AvgIpc) is 2.74. The second-order valence-electron chi connectivity index (χ2n) is 6.19. The molecule has 21 heavy (non-hydrogen) atoms. The first-order valence-corrected chi connectivity index (χ1v) is 8.10. The van der Waals surface area contributed by atoms with E-state index in [0.717, 1.165) is 25.7 Å². The lowest BCUT2D eigenvalue weighted by atomic mass is 9.78. The number of ether oxygens (including phenoxy) is 2. The van der Waals surface area contributed by atoms with Crippen LogP contribution in [0.1, 0.15) is 45.4 Å². The summed E-state index contributed by atoms with van der Waals surface area (Å²) in [5.74, 6) is 0.188. The Morgan fingerprint density at radius 2 is 1.81 bits per heavy atom. The number of amides is 1. The molecule has 1 rings (SSSR count). The number of carbonyl (C=O) groups is 1. The Morgan fingerprint density at radius 3 is 2.29 bits per heavy atom. The molecule has 5 heteroatoms. The van der Waals surface area contributed by atoms with Crippen LogP contribution in [0, 0.1) is 5.41 Å². The summed E-state index contributed by atoms with van der Waals surface area (Å²) < 4.78 is 10.4. The summed E-state index contributed by atoms with van der Waals surface area (Å²) in [4.78, 5) is 15.1. The van der Waals surface area contributed by atoms with Gasteiger partial charge < -0.3 is 20.1 Å². The second-order valence-corrected chi connectivity index (χ2v) is 6.19. The first-order chi connectivity index (χ1) is 10.1. The van der Waals surface area contributed by atoms with E-state index >= 15 is 0 Å². The molecule has 0 aromatic carbocycles. The van der Waals surface area contributed by atoms with Crippen LogP contribution in [-0.2, 0) is 14.3 Å². The molecule has 1 aliphatic carbocycles. The zero-order valence-corrected chi connectivity index (χ0v) is 13.9. The van der Waals surface area contributed by atoms with E-state index in [2.05, 4.69) is 0 Å². The molecule has 0 heterocycles. The lowest BCUT2D eigenvalue weighted by Crippen LogP contribution is -2.53. The monoisotopic (exact) mass is 300 g/mol. The maximum atomic E-state index is 13.2. The van der Waals surface area contributed by atoms with Crippen molar-refractivity contribution in [3.63, 3.8) is 0 Å². The molecular formula is C16H32N2O3. The quantitative estimate of drug-likeness (QED) is 0.694. The molecule has 5 nitrogen and oxygen atoms in total. The average molecular weight is 300 g/mol. The van der Waals surface area contributed by atoms with Crippen molar-refractivity contribution in [2.75, 3.05) is 40.5 Å². The van der Waals surface area contributed by atoms with Crippen LogP contribution in [0.25, 0.3) is 0 Å². The van der Waals surface area contributed by atoms with E-state index in [1.54, 1.807) is 14.2 Å². The van der Waals surface area contributed by atoms with Gasteiger partial charge in [0.15, 0.2) is 0 Å². The number of carbonyl (C=O) groups excluding carboxylic acids is 1. The van der Waals surface area contributed by atoms with Gasteiger partial charge in [-0.25, -0.2) is 0 Å². The van der Waals surface area contributed by atoms with Crippen LogP contribution in [0.3, 0.4) is 0 Å². The highest BCUT2D eigenvalue weighted by atomic mass is 16.5. The molecule has 0 aromatic heterocycles. The first-order valence-electron chi connectivity index (χ1n) is 8.10. The molecule has 1 atom stereocenters. The van der Waals surface area contributed by atoms with Gasteiger partial charge in [0.2, 0.25) is 5.91 Å². The van der Waals surface area contributed by atoms with Crippen molar-refractivity contribution in [3.05, 3.63) is 0 Å². The second kappa shape index (κ2) is 9.38. The molecule has 0 saturated heterocycles. The van der Waals surface area contributed by atoms with Crippen molar-refractivity contribution < 1.29 is 14.3 Å². The van der Waals surface area contributed by atoms with Gasteiger partial charge in [0.05, 0.1) is 24.7 Å². The molecule has 0 spiro atoms. The minimum absolute atomic E-state index is 0.0457. The zero-order chi connectivity index (χ0) is 15.7. The van der Waals surface area contributed by atoms with Gasteiger partial charge in [-0.3, -0.25) is 4.79 Å². The van der Waals surface area contributed by atoms with Crippen molar-refractivity contribution in [2.24, 2.45) is 11.1 Å². The van der Waals surface area contributed by atoms with E-state index in [0.29, 0.717) is 26.3 Å². The molecule has 0 radical (unpaired) electrons. The van der Waals surface area contributed by atoms with Crippen molar-refractivity contribution in [2.45, 2.75) is 51.5 Å². The van der Waals surface area contributed by atoms with Crippen molar-refractivity contribution in [3.8, 4) is 0 Å². The van der Waals surface area contributed by atoms with Crippen LogP contribution in [-0.4, -0.2) is 57.4 Å². The van der Waals surface area contributed by atoms with E-state index in [1.807, 2.05) is 11.8 Å².